The number of sulfone groups is 1. The largest absolute Gasteiger partial charge is 0.411 e. The van der Waals surface area contributed by atoms with Crippen molar-refractivity contribution in [2.75, 3.05) is 6.26 Å². The van der Waals surface area contributed by atoms with E-state index >= 15 is 0 Å². The zero-order valence-corrected chi connectivity index (χ0v) is 16.4. The summed E-state index contributed by atoms with van der Waals surface area (Å²) in [4.78, 5) is -0.118. The summed E-state index contributed by atoms with van der Waals surface area (Å²) in [6.45, 7) is 5.17. The van der Waals surface area contributed by atoms with E-state index in [0.717, 1.165) is 18.4 Å². The minimum absolute atomic E-state index is 0.0474. The van der Waals surface area contributed by atoms with E-state index in [1.54, 1.807) is 0 Å². The second-order valence-corrected chi connectivity index (χ2v) is 10.0. The third-order valence-electron chi connectivity index (χ3n) is 3.48. The van der Waals surface area contributed by atoms with Gasteiger partial charge in [0, 0.05) is 6.26 Å². The summed E-state index contributed by atoms with van der Waals surface area (Å²) in [6.07, 6.45) is 1.21. The first-order valence-corrected chi connectivity index (χ1v) is 11.1. The van der Waals surface area contributed by atoms with Gasteiger partial charge in [-0.05, 0) is 43.0 Å². The van der Waals surface area contributed by atoms with Gasteiger partial charge in [0.05, 0.1) is 4.90 Å². The fraction of sp³-hybridized carbons (Fsp3) is 0.467. The van der Waals surface area contributed by atoms with Gasteiger partial charge in [-0.25, -0.2) is 21.2 Å². The van der Waals surface area contributed by atoms with Gasteiger partial charge in [-0.2, -0.15) is 4.72 Å². The number of nitrogens with one attached hydrogen (secondary N) is 1. The van der Waals surface area contributed by atoms with E-state index < -0.39 is 36.9 Å². The molecular formula is C15H20FN3O5S2. The van der Waals surface area contributed by atoms with Crippen molar-refractivity contribution in [2.24, 2.45) is 5.92 Å². The second-order valence-electron chi connectivity index (χ2n) is 6.39. The fourth-order valence-electron chi connectivity index (χ4n) is 2.22. The van der Waals surface area contributed by atoms with Crippen molar-refractivity contribution < 1.29 is 25.6 Å². The van der Waals surface area contributed by atoms with Crippen molar-refractivity contribution in [3.8, 4) is 0 Å². The molecule has 0 aliphatic rings. The molecule has 0 aliphatic carbocycles. The lowest BCUT2D eigenvalue weighted by Gasteiger charge is -2.17. The minimum atomic E-state index is -4.01. The third-order valence-corrected chi connectivity index (χ3v) is 5.75. The molecule has 0 amide bonds. The molecule has 0 radical (unpaired) electrons. The molecule has 1 atom stereocenters. The number of nitrogens with zero attached hydrogens (tertiary/aromatic N) is 2. The van der Waals surface area contributed by atoms with Gasteiger partial charge in [0.2, 0.25) is 25.8 Å². The maximum Gasteiger partial charge on any atom is 0.335 e. The van der Waals surface area contributed by atoms with Crippen LogP contribution in [0, 0.1) is 18.7 Å². The molecule has 11 heteroatoms. The lowest BCUT2D eigenvalue weighted by Crippen LogP contribution is -2.30. The van der Waals surface area contributed by atoms with Crippen LogP contribution in [-0.4, -0.2) is 33.3 Å². The van der Waals surface area contributed by atoms with Gasteiger partial charge >= 0.3 is 5.22 Å². The molecule has 0 saturated carbocycles. The Balaban J connectivity index is 2.38. The lowest BCUT2D eigenvalue weighted by molar-refractivity contribution is 0.340. The normalized spacial score (nSPS) is 13.9. The Labute approximate surface area is 151 Å². The molecule has 144 valence electrons. The Kier molecular flexibility index (Phi) is 5.83. The van der Waals surface area contributed by atoms with Crippen LogP contribution in [0.5, 0.6) is 0 Å². The maximum atomic E-state index is 13.4. The van der Waals surface area contributed by atoms with Crippen LogP contribution in [0.4, 0.5) is 4.39 Å². The fourth-order valence-corrected chi connectivity index (χ4v) is 3.93. The quantitative estimate of drug-likeness (QED) is 0.748. The predicted molar refractivity (Wildman–Crippen MR) is 91.1 cm³/mol. The van der Waals surface area contributed by atoms with Crippen LogP contribution in [0.2, 0.25) is 0 Å². The van der Waals surface area contributed by atoms with Crippen LogP contribution in [0.25, 0.3) is 0 Å². The molecule has 0 spiro atoms. The summed E-state index contributed by atoms with van der Waals surface area (Å²) >= 11 is 0. The number of aryl methyl sites for hydroxylation is 1. The van der Waals surface area contributed by atoms with Gasteiger partial charge in [0.25, 0.3) is 0 Å². The van der Waals surface area contributed by atoms with E-state index in [9.17, 15) is 21.2 Å². The van der Waals surface area contributed by atoms with Crippen LogP contribution in [-0.2, 0) is 19.9 Å². The molecule has 26 heavy (non-hydrogen) atoms. The van der Waals surface area contributed by atoms with E-state index in [2.05, 4.69) is 14.9 Å². The zero-order chi connectivity index (χ0) is 19.7. The van der Waals surface area contributed by atoms with Crippen molar-refractivity contribution in [3.05, 3.63) is 35.5 Å². The smallest absolute Gasteiger partial charge is 0.335 e. The Morgan fingerprint density at radius 1 is 1.19 bits per heavy atom. The van der Waals surface area contributed by atoms with Crippen LogP contribution >= 0.6 is 0 Å². The number of halogens is 1. The van der Waals surface area contributed by atoms with Crippen molar-refractivity contribution >= 4 is 19.9 Å². The van der Waals surface area contributed by atoms with Gasteiger partial charge in [-0.1, -0.05) is 18.9 Å². The van der Waals surface area contributed by atoms with Crippen molar-refractivity contribution in [3.63, 3.8) is 0 Å². The average Bonchev–Trinajstić information content (AvgIpc) is 2.98. The molecule has 2 aromatic rings. The summed E-state index contributed by atoms with van der Waals surface area (Å²) in [7, 11) is -7.72. The molecule has 0 aliphatic heterocycles. The first-order valence-electron chi connectivity index (χ1n) is 7.72. The first kappa shape index (κ1) is 20.5. The van der Waals surface area contributed by atoms with Gasteiger partial charge in [-0.3, -0.25) is 0 Å². The monoisotopic (exact) mass is 405 g/mol. The number of benzene rings is 1. The molecule has 1 N–H and O–H groups in total. The number of aromatic nitrogens is 2. The van der Waals surface area contributed by atoms with Gasteiger partial charge in [0.15, 0.2) is 0 Å². The highest BCUT2D eigenvalue weighted by atomic mass is 32.2. The molecular weight excluding hydrogens is 385 g/mol. The summed E-state index contributed by atoms with van der Waals surface area (Å²) in [6, 6.07) is 2.50. The van der Waals surface area contributed by atoms with E-state index in [1.165, 1.54) is 13.0 Å². The van der Waals surface area contributed by atoms with Gasteiger partial charge in [-0.15, -0.1) is 5.10 Å². The third kappa shape index (κ3) is 4.86. The van der Waals surface area contributed by atoms with Gasteiger partial charge < -0.3 is 4.42 Å². The van der Waals surface area contributed by atoms with E-state index in [-0.39, 0.29) is 22.3 Å². The first-order chi connectivity index (χ1) is 11.9. The lowest BCUT2D eigenvalue weighted by atomic mass is 10.0. The Morgan fingerprint density at radius 2 is 1.85 bits per heavy atom. The Hall–Kier alpha value is -1.85. The summed E-state index contributed by atoms with van der Waals surface area (Å²) in [5.74, 6) is -0.620. The average molecular weight is 405 g/mol. The second kappa shape index (κ2) is 7.41. The van der Waals surface area contributed by atoms with Crippen LogP contribution in [0.3, 0.4) is 0 Å². The standard InChI is InChI=1S/C15H20FN3O5S2/c1-9(2)7-13(14-17-18-15(24-14)25(4,20)21)19-26(22,23)11-5-6-12(16)10(3)8-11/h5-6,8-9,13,19H,7H2,1-4H3/t13-/m0/s1. The topological polar surface area (TPSA) is 119 Å². The number of rotatable bonds is 7. The number of hydrogen-bond donors (Lipinski definition) is 1. The molecule has 0 saturated heterocycles. The summed E-state index contributed by atoms with van der Waals surface area (Å²) in [5, 5.41) is 6.53. The highest BCUT2D eigenvalue weighted by Crippen LogP contribution is 2.24. The number of hydrogen-bond acceptors (Lipinski definition) is 7. The molecule has 8 nitrogen and oxygen atoms in total. The molecule has 1 aromatic carbocycles. The van der Waals surface area contributed by atoms with Crippen molar-refractivity contribution in [1.29, 1.82) is 0 Å². The molecule has 0 fully saturated rings. The van der Waals surface area contributed by atoms with Gasteiger partial charge in [0.1, 0.15) is 11.9 Å². The molecule has 0 bridgehead atoms. The summed E-state index contributed by atoms with van der Waals surface area (Å²) in [5.41, 5.74) is 0.186. The van der Waals surface area contributed by atoms with Crippen LogP contribution in [0.1, 0.15) is 37.8 Å². The molecule has 2 rings (SSSR count). The maximum absolute atomic E-state index is 13.4. The van der Waals surface area contributed by atoms with E-state index in [1.807, 2.05) is 13.8 Å². The predicted octanol–water partition coefficient (Wildman–Crippen LogP) is 1.99. The summed E-state index contributed by atoms with van der Waals surface area (Å²) < 4.78 is 69.2. The Morgan fingerprint density at radius 3 is 2.35 bits per heavy atom. The highest BCUT2D eigenvalue weighted by Gasteiger charge is 2.28. The SMILES string of the molecule is Cc1cc(S(=O)(=O)N[C@@H](CC(C)C)c2nnc(S(C)(=O)=O)o2)ccc1F. The van der Waals surface area contributed by atoms with E-state index in [0.29, 0.717) is 6.42 Å². The zero-order valence-electron chi connectivity index (χ0n) is 14.7. The van der Waals surface area contributed by atoms with Crippen LogP contribution in [0.15, 0.2) is 32.7 Å². The molecule has 1 aromatic heterocycles. The highest BCUT2D eigenvalue weighted by molar-refractivity contribution is 7.90. The van der Waals surface area contributed by atoms with Crippen molar-refractivity contribution in [1.82, 2.24) is 14.9 Å². The van der Waals surface area contributed by atoms with E-state index in [4.69, 9.17) is 4.42 Å². The van der Waals surface area contributed by atoms with Crippen molar-refractivity contribution in [2.45, 2.75) is 43.4 Å². The minimum Gasteiger partial charge on any atom is -0.411 e. The van der Waals surface area contributed by atoms with Crippen LogP contribution < -0.4 is 4.72 Å². The Bertz CT molecular complexity index is 1000. The molecule has 0 unspecified atom stereocenters. The molecule has 1 heterocycles. The number of sulfonamides is 1.